The quantitative estimate of drug-likeness (QED) is 0.352. The molecule has 1 aliphatic heterocycles. The summed E-state index contributed by atoms with van der Waals surface area (Å²) < 4.78 is 5.70. The average molecular weight is 464 g/mol. The van der Waals surface area contributed by atoms with E-state index in [0.29, 0.717) is 0 Å². The van der Waals surface area contributed by atoms with E-state index in [9.17, 15) is 25.2 Å². The minimum absolute atomic E-state index is 0.495. The molecule has 1 amide bonds. The van der Waals surface area contributed by atoms with Crippen molar-refractivity contribution in [2.24, 2.45) is 0 Å². The predicted octanol–water partition coefficient (Wildman–Crippen LogP) is 1.33. The molecule has 0 saturated carbocycles. The summed E-state index contributed by atoms with van der Waals surface area (Å²) in [7, 11) is 0. The van der Waals surface area contributed by atoms with Gasteiger partial charge in [0.05, 0.1) is 5.41 Å². The van der Waals surface area contributed by atoms with Crippen LogP contribution in [0.15, 0.2) is 91.0 Å². The lowest BCUT2D eigenvalue weighted by Crippen LogP contribution is -2.67. The van der Waals surface area contributed by atoms with Crippen LogP contribution in [0, 0.1) is 0 Å². The first-order valence-electron chi connectivity index (χ1n) is 11.2. The van der Waals surface area contributed by atoms with Gasteiger partial charge in [-0.05, 0) is 16.7 Å². The fraction of sp³-hybridized carbons (Fsp3) is 0.296. The van der Waals surface area contributed by atoms with E-state index >= 15 is 0 Å². The average Bonchev–Trinajstić information content (AvgIpc) is 2.86. The molecule has 0 aromatic heterocycles. The molecule has 3 aromatic carbocycles. The number of aliphatic hydroxyl groups is 4. The van der Waals surface area contributed by atoms with Gasteiger partial charge in [-0.3, -0.25) is 4.79 Å². The summed E-state index contributed by atoms with van der Waals surface area (Å²) in [5.41, 5.74) is 1.01. The number of nitrogens with one attached hydrogen (secondary N) is 1. The second-order valence-electron chi connectivity index (χ2n) is 8.55. The Labute approximate surface area is 198 Å². The van der Waals surface area contributed by atoms with E-state index in [1.807, 2.05) is 91.0 Å². The number of ether oxygens (including phenoxy) is 1. The van der Waals surface area contributed by atoms with Crippen molar-refractivity contribution in [3.05, 3.63) is 108 Å². The van der Waals surface area contributed by atoms with Crippen LogP contribution in [0.1, 0.15) is 23.6 Å². The van der Waals surface area contributed by atoms with E-state index in [4.69, 9.17) is 4.74 Å². The maximum absolute atomic E-state index is 12.0. The van der Waals surface area contributed by atoms with Gasteiger partial charge in [0.15, 0.2) is 6.29 Å². The highest BCUT2D eigenvalue weighted by Crippen LogP contribution is 2.45. The Kier molecular flexibility index (Phi) is 7.11. The van der Waals surface area contributed by atoms with Gasteiger partial charge in [-0.15, -0.1) is 0 Å². The van der Waals surface area contributed by atoms with Crippen LogP contribution in [0.25, 0.3) is 0 Å². The number of hydrogen-bond acceptors (Lipinski definition) is 6. The van der Waals surface area contributed by atoms with Gasteiger partial charge in [-0.1, -0.05) is 91.0 Å². The summed E-state index contributed by atoms with van der Waals surface area (Å²) in [4.78, 5) is 11.5. The number of hydrogen-bond donors (Lipinski definition) is 5. The van der Waals surface area contributed by atoms with Crippen LogP contribution < -0.4 is 5.32 Å². The molecule has 1 saturated heterocycles. The normalized spacial score (nSPS) is 26.0. The summed E-state index contributed by atoms with van der Waals surface area (Å²) in [5.74, 6) is -0.495. The van der Waals surface area contributed by atoms with Crippen LogP contribution in [0.2, 0.25) is 0 Å². The summed E-state index contributed by atoms with van der Waals surface area (Å²) in [6.45, 7) is 1.23. The summed E-state index contributed by atoms with van der Waals surface area (Å²) >= 11 is 0. The first kappa shape index (κ1) is 24.1. The molecule has 1 fully saturated rings. The number of carbonyl (C=O) groups excluding carboxylic acids is 1. The largest absolute Gasteiger partial charge is 0.389 e. The van der Waals surface area contributed by atoms with Gasteiger partial charge in [0.2, 0.25) is 5.91 Å². The number of benzene rings is 3. The second-order valence-corrected chi connectivity index (χ2v) is 8.55. The zero-order valence-electron chi connectivity index (χ0n) is 18.7. The Hall–Kier alpha value is -3.07. The van der Waals surface area contributed by atoms with Gasteiger partial charge in [0.1, 0.15) is 30.5 Å². The standard InChI is InChI=1S/C27H29NO6/c1-17(29)28-21-22(30)23(31)24(34-26(21)33)25(32)27(18-11-5-2-6-12-18,19-13-7-3-8-14-19)20-15-9-4-10-16-20/h2-16,21-26,30-33H,1H3,(H,28,29)/t21-,22+,23-,24-,25?,26-/m0/s1. The van der Waals surface area contributed by atoms with Crippen LogP contribution in [0.3, 0.4) is 0 Å². The van der Waals surface area contributed by atoms with Gasteiger partial charge in [0.25, 0.3) is 0 Å². The van der Waals surface area contributed by atoms with Crippen molar-refractivity contribution >= 4 is 5.91 Å². The smallest absolute Gasteiger partial charge is 0.217 e. The van der Waals surface area contributed by atoms with Crippen molar-refractivity contribution in [2.75, 3.05) is 0 Å². The number of amides is 1. The van der Waals surface area contributed by atoms with Crippen molar-refractivity contribution in [3.8, 4) is 0 Å². The van der Waals surface area contributed by atoms with E-state index in [1.54, 1.807) is 0 Å². The molecule has 1 aliphatic rings. The molecule has 178 valence electrons. The molecular weight excluding hydrogens is 434 g/mol. The van der Waals surface area contributed by atoms with Crippen LogP contribution in [-0.4, -0.2) is 63.1 Å². The Bertz CT molecular complexity index is 981. The van der Waals surface area contributed by atoms with Gasteiger partial charge in [-0.2, -0.15) is 0 Å². The molecule has 5 N–H and O–H groups in total. The molecule has 4 rings (SSSR count). The van der Waals surface area contributed by atoms with Crippen LogP contribution in [0.4, 0.5) is 0 Å². The Morgan fingerprint density at radius 3 is 1.59 bits per heavy atom. The second kappa shape index (κ2) is 10.0. The molecule has 1 unspecified atom stereocenters. The highest BCUT2D eigenvalue weighted by molar-refractivity contribution is 5.73. The van der Waals surface area contributed by atoms with Crippen LogP contribution in [0.5, 0.6) is 0 Å². The lowest BCUT2D eigenvalue weighted by atomic mass is 9.63. The third-order valence-electron chi connectivity index (χ3n) is 6.47. The van der Waals surface area contributed by atoms with E-state index < -0.39 is 48.1 Å². The molecule has 0 bridgehead atoms. The van der Waals surface area contributed by atoms with Crippen molar-refractivity contribution in [1.82, 2.24) is 5.32 Å². The number of aliphatic hydroxyl groups excluding tert-OH is 4. The third kappa shape index (κ3) is 4.24. The van der Waals surface area contributed by atoms with Gasteiger partial charge < -0.3 is 30.5 Å². The van der Waals surface area contributed by atoms with Gasteiger partial charge in [-0.25, -0.2) is 0 Å². The summed E-state index contributed by atoms with van der Waals surface area (Å²) in [6, 6.07) is 26.8. The highest BCUT2D eigenvalue weighted by atomic mass is 16.6. The van der Waals surface area contributed by atoms with E-state index in [0.717, 1.165) is 16.7 Å². The number of rotatable bonds is 6. The fourth-order valence-electron chi connectivity index (χ4n) is 4.92. The zero-order chi connectivity index (χ0) is 24.3. The maximum Gasteiger partial charge on any atom is 0.217 e. The summed E-state index contributed by atoms with van der Waals surface area (Å²) in [6.07, 6.45) is -7.60. The van der Waals surface area contributed by atoms with E-state index in [1.165, 1.54) is 6.92 Å². The van der Waals surface area contributed by atoms with Crippen molar-refractivity contribution in [2.45, 2.75) is 49.1 Å². The van der Waals surface area contributed by atoms with Crippen LogP contribution >= 0.6 is 0 Å². The third-order valence-corrected chi connectivity index (χ3v) is 6.47. The highest BCUT2D eigenvalue weighted by Gasteiger charge is 2.54. The van der Waals surface area contributed by atoms with Gasteiger partial charge in [0, 0.05) is 6.92 Å². The number of carbonyl (C=O) groups is 1. The first-order valence-corrected chi connectivity index (χ1v) is 11.2. The Morgan fingerprint density at radius 2 is 1.21 bits per heavy atom. The van der Waals surface area contributed by atoms with Crippen molar-refractivity contribution in [3.63, 3.8) is 0 Å². The molecule has 0 radical (unpaired) electrons. The fourth-order valence-corrected chi connectivity index (χ4v) is 4.92. The molecule has 7 nitrogen and oxygen atoms in total. The maximum atomic E-state index is 12.0. The Balaban J connectivity index is 1.89. The topological polar surface area (TPSA) is 119 Å². The molecule has 7 heteroatoms. The first-order chi connectivity index (χ1) is 16.4. The monoisotopic (exact) mass is 463 g/mol. The van der Waals surface area contributed by atoms with E-state index in [-0.39, 0.29) is 0 Å². The summed E-state index contributed by atoms with van der Waals surface area (Å²) in [5, 5.41) is 46.8. The van der Waals surface area contributed by atoms with E-state index in [2.05, 4.69) is 5.32 Å². The molecule has 0 spiro atoms. The van der Waals surface area contributed by atoms with Crippen molar-refractivity contribution in [1.29, 1.82) is 0 Å². The van der Waals surface area contributed by atoms with Gasteiger partial charge >= 0.3 is 0 Å². The minimum Gasteiger partial charge on any atom is -0.389 e. The lowest BCUT2D eigenvalue weighted by molar-refractivity contribution is -0.270. The van der Waals surface area contributed by atoms with Crippen molar-refractivity contribution < 1.29 is 30.0 Å². The molecule has 34 heavy (non-hydrogen) atoms. The SMILES string of the molecule is CC(=O)N[C@H]1[C@@H](O)[C@H](O)[C@@H](C(O)C(c2ccccc2)(c2ccccc2)c2ccccc2)O[C@@H]1O. The zero-order valence-corrected chi connectivity index (χ0v) is 18.7. The molecule has 3 aromatic rings. The molecule has 0 aliphatic carbocycles. The Morgan fingerprint density at radius 1 is 0.794 bits per heavy atom. The van der Waals surface area contributed by atoms with Crippen LogP contribution in [-0.2, 0) is 14.9 Å². The minimum atomic E-state index is -1.64. The lowest BCUT2D eigenvalue weighted by Gasteiger charge is -2.48. The molecule has 6 atom stereocenters. The molecule has 1 heterocycles. The molecular formula is C27H29NO6. The predicted molar refractivity (Wildman–Crippen MR) is 126 cm³/mol.